The minimum absolute atomic E-state index is 0.126. The van der Waals surface area contributed by atoms with Gasteiger partial charge in [-0.1, -0.05) is 31.2 Å². The molecule has 1 amide bonds. The van der Waals surface area contributed by atoms with Crippen LogP contribution >= 0.6 is 0 Å². The smallest absolute Gasteiger partial charge is 0.255 e. The molecule has 1 N–H and O–H groups in total. The molecular weight excluding hydrogens is 302 g/mol. The SMILES string of the molecule is CCc1ccccc1NC(=O)c1cccc(OCC2CCCO2)c1. The van der Waals surface area contributed by atoms with Gasteiger partial charge in [0.25, 0.3) is 5.91 Å². The molecule has 2 aromatic rings. The number of amides is 1. The molecule has 1 aliphatic rings. The fourth-order valence-corrected chi connectivity index (χ4v) is 2.84. The van der Waals surface area contributed by atoms with Crippen LogP contribution in [0.4, 0.5) is 5.69 Å². The van der Waals surface area contributed by atoms with Crippen LogP contribution in [0.5, 0.6) is 5.75 Å². The van der Waals surface area contributed by atoms with E-state index in [1.165, 1.54) is 0 Å². The molecule has 126 valence electrons. The lowest BCUT2D eigenvalue weighted by Gasteiger charge is -2.13. The normalized spacial score (nSPS) is 16.8. The van der Waals surface area contributed by atoms with Crippen molar-refractivity contribution in [3.8, 4) is 5.75 Å². The highest BCUT2D eigenvalue weighted by atomic mass is 16.5. The van der Waals surface area contributed by atoms with Gasteiger partial charge in [0, 0.05) is 17.9 Å². The fourth-order valence-electron chi connectivity index (χ4n) is 2.84. The number of benzene rings is 2. The van der Waals surface area contributed by atoms with E-state index in [-0.39, 0.29) is 12.0 Å². The molecule has 3 rings (SSSR count). The Morgan fingerprint density at radius 2 is 2.12 bits per heavy atom. The van der Waals surface area contributed by atoms with Crippen molar-refractivity contribution < 1.29 is 14.3 Å². The van der Waals surface area contributed by atoms with Crippen molar-refractivity contribution in [2.24, 2.45) is 0 Å². The molecule has 4 nitrogen and oxygen atoms in total. The average Bonchev–Trinajstić information content (AvgIpc) is 3.14. The van der Waals surface area contributed by atoms with Gasteiger partial charge in [-0.05, 0) is 49.1 Å². The molecule has 0 bridgehead atoms. The zero-order valence-corrected chi connectivity index (χ0v) is 14.0. The largest absolute Gasteiger partial charge is 0.491 e. The van der Waals surface area contributed by atoms with Crippen LogP contribution in [-0.2, 0) is 11.2 Å². The lowest BCUT2D eigenvalue weighted by molar-refractivity contribution is 0.0679. The second-order valence-corrected chi connectivity index (χ2v) is 5.94. The first-order valence-corrected chi connectivity index (χ1v) is 8.50. The number of carbonyl (C=O) groups is 1. The van der Waals surface area contributed by atoms with Crippen LogP contribution in [0.3, 0.4) is 0 Å². The zero-order valence-electron chi connectivity index (χ0n) is 14.0. The first-order valence-electron chi connectivity index (χ1n) is 8.50. The molecule has 1 aliphatic heterocycles. The number of nitrogens with one attached hydrogen (secondary N) is 1. The Morgan fingerprint density at radius 1 is 1.25 bits per heavy atom. The van der Waals surface area contributed by atoms with Crippen LogP contribution in [0.1, 0.15) is 35.7 Å². The lowest BCUT2D eigenvalue weighted by atomic mass is 10.1. The summed E-state index contributed by atoms with van der Waals surface area (Å²) in [6, 6.07) is 15.1. The summed E-state index contributed by atoms with van der Waals surface area (Å²) in [6.07, 6.45) is 3.17. The van der Waals surface area contributed by atoms with Gasteiger partial charge in [-0.25, -0.2) is 0 Å². The van der Waals surface area contributed by atoms with Crippen LogP contribution in [0.2, 0.25) is 0 Å². The summed E-state index contributed by atoms with van der Waals surface area (Å²) in [5, 5.41) is 2.98. The molecule has 1 fully saturated rings. The van der Waals surface area contributed by atoms with E-state index in [1.54, 1.807) is 12.1 Å². The maximum atomic E-state index is 12.5. The number of carbonyl (C=O) groups excluding carboxylic acids is 1. The van der Waals surface area contributed by atoms with E-state index in [1.807, 2.05) is 36.4 Å². The molecule has 1 heterocycles. The molecule has 0 aromatic heterocycles. The van der Waals surface area contributed by atoms with Gasteiger partial charge in [0.05, 0.1) is 6.10 Å². The monoisotopic (exact) mass is 325 g/mol. The molecule has 1 atom stereocenters. The molecule has 1 saturated heterocycles. The van der Waals surface area contributed by atoms with Crippen molar-refractivity contribution >= 4 is 11.6 Å². The Kier molecular flexibility index (Phi) is 5.49. The highest BCUT2D eigenvalue weighted by Crippen LogP contribution is 2.20. The van der Waals surface area contributed by atoms with E-state index in [4.69, 9.17) is 9.47 Å². The van der Waals surface area contributed by atoms with Crippen molar-refractivity contribution in [3.63, 3.8) is 0 Å². The van der Waals surface area contributed by atoms with Crippen LogP contribution in [0.25, 0.3) is 0 Å². The van der Waals surface area contributed by atoms with Crippen molar-refractivity contribution in [1.82, 2.24) is 0 Å². The van der Waals surface area contributed by atoms with Crippen molar-refractivity contribution in [3.05, 3.63) is 59.7 Å². The van der Waals surface area contributed by atoms with Crippen LogP contribution in [-0.4, -0.2) is 25.2 Å². The number of ether oxygens (including phenoxy) is 2. The number of aryl methyl sites for hydroxylation is 1. The average molecular weight is 325 g/mol. The van der Waals surface area contributed by atoms with E-state index in [9.17, 15) is 4.79 Å². The minimum atomic E-state index is -0.126. The van der Waals surface area contributed by atoms with Crippen LogP contribution in [0, 0.1) is 0 Å². The molecule has 1 unspecified atom stereocenters. The van der Waals surface area contributed by atoms with E-state index < -0.39 is 0 Å². The van der Waals surface area contributed by atoms with E-state index in [2.05, 4.69) is 12.2 Å². The third-order valence-corrected chi connectivity index (χ3v) is 4.20. The lowest BCUT2D eigenvalue weighted by Crippen LogP contribution is -2.17. The molecule has 0 aliphatic carbocycles. The Balaban J connectivity index is 1.65. The fraction of sp³-hybridized carbons (Fsp3) is 0.350. The summed E-state index contributed by atoms with van der Waals surface area (Å²) >= 11 is 0. The van der Waals surface area contributed by atoms with Gasteiger partial charge in [-0.15, -0.1) is 0 Å². The number of anilines is 1. The van der Waals surface area contributed by atoms with Crippen molar-refractivity contribution in [2.75, 3.05) is 18.5 Å². The summed E-state index contributed by atoms with van der Waals surface area (Å²) in [5.74, 6) is 0.570. The molecule has 0 spiro atoms. The second kappa shape index (κ2) is 7.97. The predicted octanol–water partition coefficient (Wildman–Crippen LogP) is 4.06. The van der Waals surface area contributed by atoms with Gasteiger partial charge in [0.1, 0.15) is 12.4 Å². The van der Waals surface area contributed by atoms with Gasteiger partial charge >= 0.3 is 0 Å². The first-order chi connectivity index (χ1) is 11.8. The molecule has 24 heavy (non-hydrogen) atoms. The van der Waals surface area contributed by atoms with Gasteiger partial charge in [-0.2, -0.15) is 0 Å². The Hall–Kier alpha value is -2.33. The van der Waals surface area contributed by atoms with Crippen molar-refractivity contribution in [2.45, 2.75) is 32.3 Å². The highest BCUT2D eigenvalue weighted by molar-refractivity contribution is 6.04. The summed E-state index contributed by atoms with van der Waals surface area (Å²) < 4.78 is 11.3. The third kappa shape index (κ3) is 4.15. The molecular formula is C20H23NO3. The van der Waals surface area contributed by atoms with Gasteiger partial charge in [-0.3, -0.25) is 4.79 Å². The first kappa shape index (κ1) is 16.5. The predicted molar refractivity (Wildman–Crippen MR) is 94.7 cm³/mol. The minimum Gasteiger partial charge on any atom is -0.491 e. The summed E-state index contributed by atoms with van der Waals surface area (Å²) in [4.78, 5) is 12.5. The maximum Gasteiger partial charge on any atom is 0.255 e. The number of rotatable bonds is 6. The summed E-state index contributed by atoms with van der Waals surface area (Å²) in [5.41, 5.74) is 2.57. The zero-order chi connectivity index (χ0) is 16.8. The third-order valence-electron chi connectivity index (χ3n) is 4.20. The molecule has 2 aromatic carbocycles. The van der Waals surface area contributed by atoms with Gasteiger partial charge in [0.15, 0.2) is 0 Å². The summed E-state index contributed by atoms with van der Waals surface area (Å²) in [7, 11) is 0. The molecule has 0 saturated carbocycles. The van der Waals surface area contributed by atoms with Crippen LogP contribution in [0.15, 0.2) is 48.5 Å². The highest BCUT2D eigenvalue weighted by Gasteiger charge is 2.16. The van der Waals surface area contributed by atoms with Gasteiger partial charge in [0.2, 0.25) is 0 Å². The number of para-hydroxylation sites is 1. The Bertz CT molecular complexity index is 693. The Labute approximate surface area is 142 Å². The van der Waals surface area contributed by atoms with E-state index in [0.29, 0.717) is 17.9 Å². The van der Waals surface area contributed by atoms with Crippen LogP contribution < -0.4 is 10.1 Å². The Morgan fingerprint density at radius 3 is 2.92 bits per heavy atom. The number of hydrogen-bond acceptors (Lipinski definition) is 3. The second-order valence-electron chi connectivity index (χ2n) is 5.94. The standard InChI is InChI=1S/C20H23NO3/c1-2-15-7-3-4-11-19(15)21-20(22)16-8-5-9-17(13-16)24-14-18-10-6-12-23-18/h3-5,7-9,11,13,18H,2,6,10,12,14H2,1H3,(H,21,22). The summed E-state index contributed by atoms with van der Waals surface area (Å²) in [6.45, 7) is 3.42. The molecule has 0 radical (unpaired) electrons. The quantitative estimate of drug-likeness (QED) is 0.871. The maximum absolute atomic E-state index is 12.5. The van der Waals surface area contributed by atoms with Gasteiger partial charge < -0.3 is 14.8 Å². The number of hydrogen-bond donors (Lipinski definition) is 1. The van der Waals surface area contributed by atoms with E-state index in [0.717, 1.165) is 37.1 Å². The molecule has 4 heteroatoms. The van der Waals surface area contributed by atoms with Crippen molar-refractivity contribution in [1.29, 1.82) is 0 Å². The van der Waals surface area contributed by atoms with E-state index >= 15 is 0 Å². The topological polar surface area (TPSA) is 47.6 Å².